The average molecular weight is 280 g/mol. The zero-order valence-electron chi connectivity index (χ0n) is 9.48. The van der Waals surface area contributed by atoms with Crippen LogP contribution in [0.25, 0.3) is 0 Å². The highest BCUT2D eigenvalue weighted by atomic mass is 32.1. The number of para-hydroxylation sites is 1. The van der Waals surface area contributed by atoms with Crippen molar-refractivity contribution in [1.82, 2.24) is 4.98 Å². The van der Waals surface area contributed by atoms with Gasteiger partial charge in [-0.05, 0) is 6.07 Å². The lowest BCUT2D eigenvalue weighted by Gasteiger charge is -2.08. The first-order valence-electron chi connectivity index (χ1n) is 5.10. The Morgan fingerprint density at radius 2 is 2.32 bits per heavy atom. The molecule has 7 nitrogen and oxygen atoms in total. The minimum Gasteiger partial charge on any atom is -0.480 e. The number of aromatic carboxylic acids is 1. The summed E-state index contributed by atoms with van der Waals surface area (Å²) in [6.07, 6.45) is 0. The number of ether oxygens (including phenoxy) is 1. The first-order valence-corrected chi connectivity index (χ1v) is 6.04. The van der Waals surface area contributed by atoms with Gasteiger partial charge in [-0.15, -0.1) is 11.3 Å². The average Bonchev–Trinajstić information content (AvgIpc) is 2.88. The van der Waals surface area contributed by atoms with Gasteiger partial charge in [-0.2, -0.15) is 0 Å². The summed E-state index contributed by atoms with van der Waals surface area (Å²) in [4.78, 5) is 25.2. The van der Waals surface area contributed by atoms with Crippen molar-refractivity contribution in [2.45, 2.75) is 6.61 Å². The molecule has 0 radical (unpaired) electrons. The van der Waals surface area contributed by atoms with Crippen molar-refractivity contribution in [3.63, 3.8) is 0 Å². The smallest absolute Gasteiger partial charge is 0.339 e. The predicted octanol–water partition coefficient (Wildman–Crippen LogP) is 2.33. The molecule has 0 bridgehead atoms. The van der Waals surface area contributed by atoms with E-state index in [0.717, 1.165) is 0 Å². The molecule has 0 spiro atoms. The van der Waals surface area contributed by atoms with Crippen LogP contribution in [-0.4, -0.2) is 21.0 Å². The summed E-state index contributed by atoms with van der Waals surface area (Å²) in [5.74, 6) is -1.54. The predicted molar refractivity (Wildman–Crippen MR) is 66.5 cm³/mol. The molecule has 1 aromatic heterocycles. The van der Waals surface area contributed by atoms with Gasteiger partial charge in [-0.1, -0.05) is 6.07 Å². The van der Waals surface area contributed by atoms with E-state index >= 15 is 0 Å². The molecule has 1 N–H and O–H groups in total. The molecule has 0 amide bonds. The fourth-order valence-corrected chi connectivity index (χ4v) is 1.99. The minimum atomic E-state index is -1.28. The fourth-order valence-electron chi connectivity index (χ4n) is 1.44. The molecule has 0 fully saturated rings. The number of aromatic nitrogens is 1. The largest absolute Gasteiger partial charge is 0.480 e. The van der Waals surface area contributed by atoms with E-state index in [1.807, 2.05) is 0 Å². The van der Waals surface area contributed by atoms with Crippen LogP contribution in [0.4, 0.5) is 5.69 Å². The maximum absolute atomic E-state index is 11.0. The summed E-state index contributed by atoms with van der Waals surface area (Å²) in [6.45, 7) is -0.0192. The van der Waals surface area contributed by atoms with Gasteiger partial charge in [-0.3, -0.25) is 10.1 Å². The van der Waals surface area contributed by atoms with E-state index in [1.54, 1.807) is 10.9 Å². The number of hydrogen-bond acceptors (Lipinski definition) is 6. The molecule has 0 saturated heterocycles. The highest BCUT2D eigenvalue weighted by Gasteiger charge is 2.23. The van der Waals surface area contributed by atoms with Crippen molar-refractivity contribution in [3.05, 3.63) is 50.5 Å². The van der Waals surface area contributed by atoms with E-state index in [-0.39, 0.29) is 23.6 Å². The number of rotatable bonds is 5. The lowest BCUT2D eigenvalue weighted by atomic mass is 10.1. The van der Waals surface area contributed by atoms with Crippen LogP contribution < -0.4 is 4.74 Å². The molecule has 8 heteroatoms. The number of carboxylic acids is 1. The topological polar surface area (TPSA) is 103 Å². The Morgan fingerprint density at radius 3 is 2.89 bits per heavy atom. The van der Waals surface area contributed by atoms with E-state index in [1.165, 1.54) is 29.5 Å². The Bertz CT molecular complexity index is 579. The molecule has 0 saturated carbocycles. The SMILES string of the molecule is O=C(O)c1cccc([N+](=O)[O-])c1OCc1cscn1. The molecule has 0 aliphatic carbocycles. The molecule has 0 aliphatic heterocycles. The summed E-state index contributed by atoms with van der Waals surface area (Å²) in [7, 11) is 0. The number of carbonyl (C=O) groups is 1. The molecular weight excluding hydrogens is 272 g/mol. The first-order chi connectivity index (χ1) is 9.09. The van der Waals surface area contributed by atoms with Crippen LogP contribution in [-0.2, 0) is 6.61 Å². The third-order valence-electron chi connectivity index (χ3n) is 2.27. The van der Waals surface area contributed by atoms with Crippen molar-refractivity contribution >= 4 is 23.0 Å². The number of hydrogen-bond donors (Lipinski definition) is 1. The molecule has 98 valence electrons. The summed E-state index contributed by atoms with van der Waals surface area (Å²) in [5, 5.41) is 21.6. The van der Waals surface area contributed by atoms with Gasteiger partial charge >= 0.3 is 11.7 Å². The number of nitrogens with zero attached hydrogens (tertiary/aromatic N) is 2. The van der Waals surface area contributed by atoms with Gasteiger partial charge in [-0.25, -0.2) is 9.78 Å². The van der Waals surface area contributed by atoms with Gasteiger partial charge in [0.15, 0.2) is 0 Å². The number of benzene rings is 1. The zero-order valence-corrected chi connectivity index (χ0v) is 10.3. The van der Waals surface area contributed by atoms with Gasteiger partial charge in [0.2, 0.25) is 5.75 Å². The maximum Gasteiger partial charge on any atom is 0.339 e. The fraction of sp³-hybridized carbons (Fsp3) is 0.0909. The van der Waals surface area contributed by atoms with Crippen molar-refractivity contribution in [2.24, 2.45) is 0 Å². The summed E-state index contributed by atoms with van der Waals surface area (Å²) in [5.41, 5.74) is 1.55. The van der Waals surface area contributed by atoms with E-state index < -0.39 is 10.9 Å². The number of nitro benzene ring substituents is 1. The highest BCUT2D eigenvalue weighted by Crippen LogP contribution is 2.31. The van der Waals surface area contributed by atoms with Crippen molar-refractivity contribution < 1.29 is 19.6 Å². The van der Waals surface area contributed by atoms with E-state index in [0.29, 0.717) is 5.69 Å². The van der Waals surface area contributed by atoms with Crippen molar-refractivity contribution in [1.29, 1.82) is 0 Å². The van der Waals surface area contributed by atoms with E-state index in [9.17, 15) is 14.9 Å². The summed E-state index contributed by atoms with van der Waals surface area (Å²) in [6, 6.07) is 3.76. The van der Waals surface area contributed by atoms with Crippen LogP contribution in [0.1, 0.15) is 16.1 Å². The third kappa shape index (κ3) is 2.86. The van der Waals surface area contributed by atoms with Crippen LogP contribution in [0, 0.1) is 10.1 Å². The van der Waals surface area contributed by atoms with Crippen LogP contribution in [0.5, 0.6) is 5.75 Å². The van der Waals surface area contributed by atoms with E-state index in [2.05, 4.69) is 4.98 Å². The molecule has 1 aromatic carbocycles. The third-order valence-corrected chi connectivity index (χ3v) is 2.90. The van der Waals surface area contributed by atoms with Crippen LogP contribution in [0.15, 0.2) is 29.1 Å². The molecular formula is C11H8N2O5S. The van der Waals surface area contributed by atoms with Gasteiger partial charge < -0.3 is 9.84 Å². The molecule has 0 aliphatic rings. The van der Waals surface area contributed by atoms with Gasteiger partial charge in [0.05, 0.1) is 16.1 Å². The van der Waals surface area contributed by atoms with Gasteiger partial charge in [0.25, 0.3) is 0 Å². The normalized spacial score (nSPS) is 10.1. The number of thiazole rings is 1. The zero-order chi connectivity index (χ0) is 13.8. The summed E-state index contributed by atoms with van der Waals surface area (Å²) >= 11 is 1.35. The Hall–Kier alpha value is -2.48. The van der Waals surface area contributed by atoms with Crippen molar-refractivity contribution in [3.8, 4) is 5.75 Å². The molecule has 2 rings (SSSR count). The molecule has 0 atom stereocenters. The first kappa shape index (κ1) is 13.0. The Morgan fingerprint density at radius 1 is 1.53 bits per heavy atom. The number of carboxylic acid groups (broad SMARTS) is 1. The number of nitro groups is 1. The Labute approximate surface area is 111 Å². The highest BCUT2D eigenvalue weighted by molar-refractivity contribution is 7.07. The van der Waals surface area contributed by atoms with Gasteiger partial charge in [0, 0.05) is 11.4 Å². The van der Waals surface area contributed by atoms with Gasteiger partial charge in [0.1, 0.15) is 12.2 Å². The quantitative estimate of drug-likeness (QED) is 0.666. The molecule has 2 aromatic rings. The monoisotopic (exact) mass is 280 g/mol. The second-order valence-electron chi connectivity index (χ2n) is 3.48. The molecule has 1 heterocycles. The minimum absolute atomic E-state index is 0.0192. The molecule has 19 heavy (non-hydrogen) atoms. The van der Waals surface area contributed by atoms with Crippen LogP contribution >= 0.6 is 11.3 Å². The standard InChI is InChI=1S/C11H8N2O5S/c14-11(15)8-2-1-3-9(13(16)17)10(8)18-4-7-5-19-6-12-7/h1-3,5-6H,4H2,(H,14,15). The lowest BCUT2D eigenvalue weighted by Crippen LogP contribution is -2.06. The second-order valence-corrected chi connectivity index (χ2v) is 4.20. The Kier molecular flexibility index (Phi) is 3.71. The second kappa shape index (κ2) is 5.44. The van der Waals surface area contributed by atoms with Crippen LogP contribution in [0.3, 0.4) is 0 Å². The van der Waals surface area contributed by atoms with Crippen LogP contribution in [0.2, 0.25) is 0 Å². The van der Waals surface area contributed by atoms with E-state index in [4.69, 9.17) is 9.84 Å². The maximum atomic E-state index is 11.0. The van der Waals surface area contributed by atoms with Crippen molar-refractivity contribution in [2.75, 3.05) is 0 Å². The Balaban J connectivity index is 2.35. The summed E-state index contributed by atoms with van der Waals surface area (Å²) < 4.78 is 5.26. The molecule has 0 unspecified atom stereocenters. The lowest BCUT2D eigenvalue weighted by molar-refractivity contribution is -0.386.